The highest BCUT2D eigenvalue weighted by atomic mass is 79.9. The smallest absolute Gasteiger partial charge is 0.307 e. The van der Waals surface area contributed by atoms with Crippen LogP contribution >= 0.6 is 15.9 Å². The van der Waals surface area contributed by atoms with Crippen LogP contribution in [-0.2, 0) is 11.2 Å². The molecule has 1 aromatic carbocycles. The number of rotatable bonds is 3. The normalized spacial score (nSPS) is 10.6. The number of H-pyrrole nitrogens is 1. The topological polar surface area (TPSA) is 62.3 Å². The Morgan fingerprint density at radius 1 is 1.56 bits per heavy atom. The van der Waals surface area contributed by atoms with E-state index in [-0.39, 0.29) is 6.42 Å². The Bertz CT molecular complexity index is 547. The van der Waals surface area contributed by atoms with Crippen molar-refractivity contribution in [1.29, 1.82) is 0 Å². The molecule has 0 spiro atoms. The number of benzene rings is 1. The molecule has 0 aliphatic carbocycles. The van der Waals surface area contributed by atoms with Crippen LogP contribution in [0.25, 0.3) is 10.9 Å². The predicted molar refractivity (Wildman–Crippen MR) is 63.9 cm³/mol. The zero-order valence-electron chi connectivity index (χ0n) is 8.58. The fraction of sp³-hybridized carbons (Fsp3) is 0.182. The third-order valence-corrected chi connectivity index (χ3v) is 3.18. The second-order valence-corrected chi connectivity index (χ2v) is 4.18. The quantitative estimate of drug-likeness (QED) is 0.910. The van der Waals surface area contributed by atoms with E-state index in [0.29, 0.717) is 5.75 Å². The maximum absolute atomic E-state index is 10.7. The molecule has 0 atom stereocenters. The second-order valence-electron chi connectivity index (χ2n) is 3.39. The number of aromatic nitrogens is 1. The highest BCUT2D eigenvalue weighted by molar-refractivity contribution is 9.10. The molecule has 5 heteroatoms. The molecule has 2 aromatic rings. The number of hydrogen-bond acceptors (Lipinski definition) is 2. The number of carboxylic acids is 1. The molecule has 0 unspecified atom stereocenters. The van der Waals surface area contributed by atoms with Crippen molar-refractivity contribution in [2.45, 2.75) is 6.42 Å². The molecule has 0 amide bonds. The first kappa shape index (κ1) is 11.0. The van der Waals surface area contributed by atoms with E-state index in [1.54, 1.807) is 13.3 Å². The number of methoxy groups -OCH3 is 1. The van der Waals surface area contributed by atoms with E-state index < -0.39 is 5.97 Å². The monoisotopic (exact) mass is 283 g/mol. The van der Waals surface area contributed by atoms with Crippen molar-refractivity contribution >= 4 is 32.8 Å². The Balaban J connectivity index is 2.63. The zero-order valence-corrected chi connectivity index (χ0v) is 10.2. The lowest BCUT2D eigenvalue weighted by atomic mass is 10.1. The third-order valence-electron chi connectivity index (χ3n) is 2.39. The highest BCUT2D eigenvalue weighted by Gasteiger charge is 2.13. The minimum absolute atomic E-state index is 0.00817. The fourth-order valence-corrected chi connectivity index (χ4v) is 2.45. The lowest BCUT2D eigenvalue weighted by molar-refractivity contribution is -0.136. The van der Waals surface area contributed by atoms with Gasteiger partial charge in [0.25, 0.3) is 0 Å². The van der Waals surface area contributed by atoms with Crippen LogP contribution in [0.15, 0.2) is 22.8 Å². The summed E-state index contributed by atoms with van der Waals surface area (Å²) >= 11 is 3.42. The predicted octanol–water partition coefficient (Wildman–Crippen LogP) is 2.57. The van der Waals surface area contributed by atoms with Crippen LogP contribution in [-0.4, -0.2) is 23.2 Å². The summed E-state index contributed by atoms with van der Waals surface area (Å²) in [5, 5.41) is 9.66. The molecule has 0 radical (unpaired) electrons. The summed E-state index contributed by atoms with van der Waals surface area (Å²) in [6.45, 7) is 0. The summed E-state index contributed by atoms with van der Waals surface area (Å²) in [6.07, 6.45) is 1.70. The molecule has 1 aromatic heterocycles. The Morgan fingerprint density at radius 3 is 2.94 bits per heavy atom. The molecule has 2 rings (SSSR count). The third kappa shape index (κ3) is 1.78. The van der Waals surface area contributed by atoms with Gasteiger partial charge in [-0.1, -0.05) is 0 Å². The maximum atomic E-state index is 10.7. The maximum Gasteiger partial charge on any atom is 0.307 e. The van der Waals surface area contributed by atoms with Gasteiger partial charge in [-0.25, -0.2) is 0 Å². The van der Waals surface area contributed by atoms with Crippen molar-refractivity contribution in [3.05, 3.63) is 28.4 Å². The lowest BCUT2D eigenvalue weighted by Crippen LogP contribution is -1.99. The van der Waals surface area contributed by atoms with Gasteiger partial charge in [-0.2, -0.15) is 0 Å². The Labute approximate surface area is 100 Å². The largest absolute Gasteiger partial charge is 0.496 e. The first-order chi connectivity index (χ1) is 7.63. The van der Waals surface area contributed by atoms with Gasteiger partial charge in [0.05, 0.1) is 18.0 Å². The molecule has 4 nitrogen and oxygen atoms in total. The van der Waals surface area contributed by atoms with Crippen LogP contribution in [0.1, 0.15) is 5.56 Å². The number of ether oxygens (including phenoxy) is 1. The molecular weight excluding hydrogens is 274 g/mol. The van der Waals surface area contributed by atoms with Gasteiger partial charge in [0.15, 0.2) is 0 Å². The highest BCUT2D eigenvalue weighted by Crippen LogP contribution is 2.35. The number of aromatic amines is 1. The summed E-state index contributed by atoms with van der Waals surface area (Å²) in [5.41, 5.74) is 1.64. The van der Waals surface area contributed by atoms with E-state index in [1.807, 2.05) is 12.1 Å². The van der Waals surface area contributed by atoms with Gasteiger partial charge in [-0.3, -0.25) is 4.79 Å². The van der Waals surface area contributed by atoms with E-state index >= 15 is 0 Å². The Hall–Kier alpha value is -1.49. The van der Waals surface area contributed by atoms with Gasteiger partial charge in [-0.05, 0) is 33.6 Å². The van der Waals surface area contributed by atoms with Gasteiger partial charge in [0.2, 0.25) is 0 Å². The molecule has 2 N–H and O–H groups in total. The van der Waals surface area contributed by atoms with Crippen molar-refractivity contribution in [1.82, 2.24) is 4.98 Å². The summed E-state index contributed by atoms with van der Waals surface area (Å²) in [7, 11) is 1.58. The second kappa shape index (κ2) is 4.17. The van der Waals surface area contributed by atoms with E-state index in [2.05, 4.69) is 20.9 Å². The molecule has 0 bridgehead atoms. The zero-order chi connectivity index (χ0) is 11.7. The first-order valence-corrected chi connectivity index (χ1v) is 5.47. The number of nitrogens with one attached hydrogen (secondary N) is 1. The SMILES string of the molecule is COc1ccc2[nH]cc(CC(=O)O)c2c1Br. The summed E-state index contributed by atoms with van der Waals surface area (Å²) < 4.78 is 5.96. The van der Waals surface area contributed by atoms with Crippen LogP contribution in [0, 0.1) is 0 Å². The molecule has 0 fully saturated rings. The number of carbonyl (C=O) groups is 1. The van der Waals surface area contributed by atoms with Crippen molar-refractivity contribution in [2.75, 3.05) is 7.11 Å². The van der Waals surface area contributed by atoms with Crippen LogP contribution in [0.5, 0.6) is 5.75 Å². The number of halogens is 1. The number of fused-ring (bicyclic) bond motifs is 1. The van der Waals surface area contributed by atoms with E-state index in [9.17, 15) is 4.79 Å². The van der Waals surface area contributed by atoms with Crippen molar-refractivity contribution in [3.8, 4) is 5.75 Å². The van der Waals surface area contributed by atoms with Crippen LogP contribution < -0.4 is 4.74 Å². The lowest BCUT2D eigenvalue weighted by Gasteiger charge is -2.05. The Kier molecular flexibility index (Phi) is 2.87. The molecule has 16 heavy (non-hydrogen) atoms. The van der Waals surface area contributed by atoms with Crippen molar-refractivity contribution < 1.29 is 14.6 Å². The van der Waals surface area contributed by atoms with Crippen molar-refractivity contribution in [3.63, 3.8) is 0 Å². The van der Waals surface area contributed by atoms with Gasteiger partial charge in [0.1, 0.15) is 5.75 Å². The van der Waals surface area contributed by atoms with Crippen molar-refractivity contribution in [2.24, 2.45) is 0 Å². The summed E-state index contributed by atoms with van der Waals surface area (Å²) in [5.74, 6) is -0.158. The molecular formula is C11H10BrNO3. The van der Waals surface area contributed by atoms with E-state index in [1.165, 1.54) is 0 Å². The van der Waals surface area contributed by atoms with E-state index in [0.717, 1.165) is 20.9 Å². The summed E-state index contributed by atoms with van der Waals surface area (Å²) in [6, 6.07) is 3.69. The average molecular weight is 284 g/mol. The van der Waals surface area contributed by atoms with E-state index in [4.69, 9.17) is 9.84 Å². The van der Waals surface area contributed by atoms with Crippen LogP contribution in [0.3, 0.4) is 0 Å². The number of aliphatic carboxylic acids is 1. The van der Waals surface area contributed by atoms with Gasteiger partial charge in [-0.15, -0.1) is 0 Å². The molecule has 0 aliphatic heterocycles. The first-order valence-electron chi connectivity index (χ1n) is 4.67. The fourth-order valence-electron chi connectivity index (χ4n) is 1.69. The molecule has 1 heterocycles. The summed E-state index contributed by atoms with van der Waals surface area (Å²) in [4.78, 5) is 13.8. The van der Waals surface area contributed by atoms with Gasteiger partial charge >= 0.3 is 5.97 Å². The number of carboxylic acid groups (broad SMARTS) is 1. The minimum atomic E-state index is -0.851. The number of hydrogen-bond donors (Lipinski definition) is 2. The minimum Gasteiger partial charge on any atom is -0.496 e. The Morgan fingerprint density at radius 2 is 2.31 bits per heavy atom. The molecule has 0 aliphatic rings. The molecule has 84 valence electrons. The van der Waals surface area contributed by atoms with Gasteiger partial charge < -0.3 is 14.8 Å². The van der Waals surface area contributed by atoms with Gasteiger partial charge in [0, 0.05) is 17.1 Å². The molecule has 0 saturated carbocycles. The van der Waals surface area contributed by atoms with Crippen LogP contribution in [0.2, 0.25) is 0 Å². The molecule has 0 saturated heterocycles. The standard InChI is InChI=1S/C11H10BrNO3/c1-16-8-3-2-7-10(11(8)12)6(5-13-7)4-9(14)15/h2-3,5,13H,4H2,1H3,(H,14,15). The van der Waals surface area contributed by atoms with Crippen LogP contribution in [0.4, 0.5) is 0 Å². The average Bonchev–Trinajstić information content (AvgIpc) is 2.62.